The summed E-state index contributed by atoms with van der Waals surface area (Å²) in [6.07, 6.45) is 0. The molecule has 144 valence electrons. The van der Waals surface area contributed by atoms with E-state index in [1.54, 1.807) is 13.8 Å². The number of carbonyl (C=O) groups is 3. The predicted octanol–water partition coefficient (Wildman–Crippen LogP) is 1.21. The summed E-state index contributed by atoms with van der Waals surface area (Å²) >= 11 is 0. The van der Waals surface area contributed by atoms with E-state index in [2.05, 4.69) is 10.9 Å². The second-order valence-electron chi connectivity index (χ2n) is 4.91. The first-order valence-corrected chi connectivity index (χ1v) is 8.21. The molecule has 0 spiro atoms. The second-order valence-corrected chi connectivity index (χ2v) is 4.91. The van der Waals surface area contributed by atoms with Crippen LogP contribution in [0, 0.1) is 0 Å². The van der Waals surface area contributed by atoms with Gasteiger partial charge in [0, 0.05) is 6.92 Å². The quantitative estimate of drug-likeness (QED) is 0.497. The third-order valence-corrected chi connectivity index (χ3v) is 2.86. The fourth-order valence-corrected chi connectivity index (χ4v) is 1.91. The fraction of sp³-hybridized carbons (Fsp3) is 0.471. The highest BCUT2D eigenvalue weighted by Gasteiger charge is 2.19. The minimum Gasteiger partial charge on any atom is -0.490 e. The lowest BCUT2D eigenvalue weighted by atomic mass is 10.2. The van der Waals surface area contributed by atoms with Crippen molar-refractivity contribution in [2.75, 3.05) is 26.4 Å². The summed E-state index contributed by atoms with van der Waals surface area (Å²) in [6.45, 7) is 7.22. The van der Waals surface area contributed by atoms with Gasteiger partial charge in [-0.05, 0) is 32.9 Å². The number of esters is 1. The average molecular weight is 368 g/mol. The zero-order valence-corrected chi connectivity index (χ0v) is 15.3. The van der Waals surface area contributed by atoms with E-state index < -0.39 is 24.4 Å². The summed E-state index contributed by atoms with van der Waals surface area (Å²) < 4.78 is 21.5. The second kappa shape index (κ2) is 10.8. The van der Waals surface area contributed by atoms with Crippen molar-refractivity contribution in [2.45, 2.75) is 27.7 Å². The average Bonchev–Trinajstić information content (AvgIpc) is 2.60. The predicted molar refractivity (Wildman–Crippen MR) is 92.2 cm³/mol. The number of ether oxygens (including phenoxy) is 4. The van der Waals surface area contributed by atoms with Gasteiger partial charge in [0.05, 0.1) is 25.4 Å². The fourth-order valence-electron chi connectivity index (χ4n) is 1.91. The summed E-state index contributed by atoms with van der Waals surface area (Å²) in [5.74, 6) is -0.776. The number of hydrogen-bond acceptors (Lipinski definition) is 7. The van der Waals surface area contributed by atoms with Crippen LogP contribution in [0.3, 0.4) is 0 Å². The highest BCUT2D eigenvalue weighted by atomic mass is 16.5. The molecular formula is C17H24N2O7. The van der Waals surface area contributed by atoms with E-state index in [0.29, 0.717) is 37.1 Å². The van der Waals surface area contributed by atoms with Crippen molar-refractivity contribution in [1.82, 2.24) is 10.9 Å². The van der Waals surface area contributed by atoms with Crippen molar-refractivity contribution < 1.29 is 33.3 Å². The summed E-state index contributed by atoms with van der Waals surface area (Å²) in [6, 6.07) is 2.93. The maximum Gasteiger partial charge on any atom is 0.338 e. The Morgan fingerprint density at radius 2 is 1.42 bits per heavy atom. The number of amides is 2. The monoisotopic (exact) mass is 368 g/mol. The molecule has 0 heterocycles. The molecule has 1 aromatic carbocycles. The molecule has 0 saturated carbocycles. The molecule has 1 rings (SSSR count). The summed E-state index contributed by atoms with van der Waals surface area (Å²) in [4.78, 5) is 34.4. The van der Waals surface area contributed by atoms with Gasteiger partial charge in [-0.15, -0.1) is 0 Å². The molecule has 0 aliphatic carbocycles. The van der Waals surface area contributed by atoms with Crippen molar-refractivity contribution in [1.29, 1.82) is 0 Å². The Bertz CT molecular complexity index is 619. The van der Waals surface area contributed by atoms with Crippen LogP contribution in [0.15, 0.2) is 12.1 Å². The van der Waals surface area contributed by atoms with E-state index in [0.717, 1.165) is 0 Å². The third kappa shape index (κ3) is 6.50. The third-order valence-electron chi connectivity index (χ3n) is 2.86. The Hall–Kier alpha value is -2.97. The molecule has 26 heavy (non-hydrogen) atoms. The standard InChI is InChI=1S/C17H24N2O7/c1-5-23-13-8-12(9-14(24-6-2)16(13)25-7-3)17(22)26-10-15(21)19-18-11(4)20/h8-9H,5-7,10H2,1-4H3,(H,18,20)(H,19,21). The molecule has 0 bridgehead atoms. The maximum absolute atomic E-state index is 12.2. The largest absolute Gasteiger partial charge is 0.490 e. The maximum atomic E-state index is 12.2. The minimum absolute atomic E-state index is 0.146. The van der Waals surface area contributed by atoms with E-state index in [-0.39, 0.29) is 5.56 Å². The minimum atomic E-state index is -0.743. The highest BCUT2D eigenvalue weighted by Crippen LogP contribution is 2.39. The van der Waals surface area contributed by atoms with Gasteiger partial charge in [-0.1, -0.05) is 0 Å². The van der Waals surface area contributed by atoms with Crippen molar-refractivity contribution in [2.24, 2.45) is 0 Å². The van der Waals surface area contributed by atoms with Gasteiger partial charge in [0.15, 0.2) is 18.1 Å². The molecule has 0 aliphatic heterocycles. The zero-order valence-electron chi connectivity index (χ0n) is 15.3. The first-order valence-electron chi connectivity index (χ1n) is 8.21. The number of carbonyl (C=O) groups excluding carboxylic acids is 3. The number of hydrogen-bond donors (Lipinski definition) is 2. The lowest BCUT2D eigenvalue weighted by Crippen LogP contribution is -2.42. The number of nitrogens with one attached hydrogen (secondary N) is 2. The van der Waals surface area contributed by atoms with Crippen LogP contribution in [0.4, 0.5) is 0 Å². The van der Waals surface area contributed by atoms with Crippen LogP contribution in [0.25, 0.3) is 0 Å². The summed E-state index contributed by atoms with van der Waals surface area (Å²) in [5, 5.41) is 0. The van der Waals surface area contributed by atoms with E-state index in [4.69, 9.17) is 18.9 Å². The molecule has 0 saturated heterocycles. The van der Waals surface area contributed by atoms with Gasteiger partial charge >= 0.3 is 5.97 Å². The first kappa shape index (κ1) is 21.1. The summed E-state index contributed by atoms with van der Waals surface area (Å²) in [7, 11) is 0. The molecule has 0 radical (unpaired) electrons. The van der Waals surface area contributed by atoms with Gasteiger partial charge in [0.1, 0.15) is 0 Å². The van der Waals surface area contributed by atoms with Crippen molar-refractivity contribution in [3.8, 4) is 17.2 Å². The Balaban J connectivity index is 2.94. The van der Waals surface area contributed by atoms with Crippen molar-refractivity contribution in [3.63, 3.8) is 0 Å². The molecule has 0 atom stereocenters. The van der Waals surface area contributed by atoms with Crippen LogP contribution in [0.2, 0.25) is 0 Å². The molecule has 0 aromatic heterocycles. The van der Waals surface area contributed by atoms with E-state index in [9.17, 15) is 14.4 Å². The lowest BCUT2D eigenvalue weighted by Gasteiger charge is -2.16. The van der Waals surface area contributed by atoms with Crippen LogP contribution in [-0.4, -0.2) is 44.2 Å². The highest BCUT2D eigenvalue weighted by molar-refractivity contribution is 5.93. The number of benzene rings is 1. The van der Waals surface area contributed by atoms with Crippen LogP contribution in [0.5, 0.6) is 17.2 Å². The zero-order chi connectivity index (χ0) is 19.5. The van der Waals surface area contributed by atoms with E-state index in [1.807, 2.05) is 6.92 Å². The van der Waals surface area contributed by atoms with Gasteiger partial charge in [-0.3, -0.25) is 20.4 Å². The lowest BCUT2D eigenvalue weighted by molar-refractivity contribution is -0.129. The molecule has 2 amide bonds. The van der Waals surface area contributed by atoms with Crippen LogP contribution in [-0.2, 0) is 14.3 Å². The Labute approximate surface area is 151 Å². The van der Waals surface area contributed by atoms with E-state index in [1.165, 1.54) is 19.1 Å². The Morgan fingerprint density at radius 3 is 1.88 bits per heavy atom. The topological polar surface area (TPSA) is 112 Å². The van der Waals surface area contributed by atoms with Gasteiger partial charge in [0.25, 0.3) is 5.91 Å². The van der Waals surface area contributed by atoms with Gasteiger partial charge in [0.2, 0.25) is 11.7 Å². The number of hydrazine groups is 1. The van der Waals surface area contributed by atoms with Gasteiger partial charge in [-0.2, -0.15) is 0 Å². The Kier molecular flexibility index (Phi) is 8.76. The molecule has 2 N–H and O–H groups in total. The van der Waals surface area contributed by atoms with Crippen LogP contribution in [0.1, 0.15) is 38.1 Å². The van der Waals surface area contributed by atoms with Gasteiger partial charge < -0.3 is 18.9 Å². The molecule has 9 heteroatoms. The molecule has 9 nitrogen and oxygen atoms in total. The summed E-state index contributed by atoms with van der Waals surface area (Å²) in [5.41, 5.74) is 4.33. The molecule has 0 aliphatic rings. The van der Waals surface area contributed by atoms with Crippen LogP contribution >= 0.6 is 0 Å². The van der Waals surface area contributed by atoms with Crippen molar-refractivity contribution >= 4 is 17.8 Å². The first-order chi connectivity index (χ1) is 12.4. The van der Waals surface area contributed by atoms with E-state index >= 15 is 0 Å². The SMILES string of the molecule is CCOc1cc(C(=O)OCC(=O)NNC(C)=O)cc(OCC)c1OCC. The smallest absolute Gasteiger partial charge is 0.338 e. The number of rotatable bonds is 9. The molecule has 0 unspecified atom stereocenters. The Morgan fingerprint density at radius 1 is 0.885 bits per heavy atom. The van der Waals surface area contributed by atoms with Crippen molar-refractivity contribution in [3.05, 3.63) is 17.7 Å². The van der Waals surface area contributed by atoms with Gasteiger partial charge in [-0.25, -0.2) is 4.79 Å². The molecule has 1 aromatic rings. The molecule has 0 fully saturated rings. The normalized spacial score (nSPS) is 9.85. The molecular weight excluding hydrogens is 344 g/mol. The van der Waals surface area contributed by atoms with Crippen LogP contribution < -0.4 is 25.1 Å².